The minimum absolute atomic E-state index is 0.335. The molecule has 2 rings (SSSR count). The van der Waals surface area contributed by atoms with Crippen molar-refractivity contribution < 1.29 is 9.63 Å². The van der Waals surface area contributed by atoms with Crippen LogP contribution in [0.2, 0.25) is 0 Å². The van der Waals surface area contributed by atoms with E-state index in [9.17, 15) is 0 Å². The molecule has 0 aliphatic heterocycles. The number of aryl methyl sites for hydroxylation is 1. The van der Waals surface area contributed by atoms with Crippen LogP contribution in [0.1, 0.15) is 50.7 Å². The lowest BCUT2D eigenvalue weighted by atomic mass is 9.86. The van der Waals surface area contributed by atoms with Gasteiger partial charge in [-0.3, -0.25) is 4.90 Å². The lowest BCUT2D eigenvalue weighted by molar-refractivity contribution is 0.122. The topological polar surface area (TPSA) is 62.4 Å². The van der Waals surface area contributed by atoms with E-state index in [1.165, 1.54) is 0 Å². The van der Waals surface area contributed by atoms with Gasteiger partial charge in [0.15, 0.2) is 5.82 Å². The molecule has 1 N–H and O–H groups in total. The summed E-state index contributed by atoms with van der Waals surface area (Å²) >= 11 is 0. The largest absolute Gasteiger partial charge is 0.396 e. The molecule has 1 aliphatic carbocycles. The highest BCUT2D eigenvalue weighted by Crippen LogP contribution is 2.27. The monoisotopic (exact) mass is 267 g/mol. The van der Waals surface area contributed by atoms with Crippen molar-refractivity contribution in [1.29, 1.82) is 0 Å². The van der Waals surface area contributed by atoms with Crippen LogP contribution < -0.4 is 0 Å². The fourth-order valence-electron chi connectivity index (χ4n) is 2.79. The molecule has 1 aromatic heterocycles. The van der Waals surface area contributed by atoms with Gasteiger partial charge in [-0.15, -0.1) is 0 Å². The van der Waals surface area contributed by atoms with Crippen LogP contribution in [-0.2, 0) is 13.0 Å². The zero-order valence-corrected chi connectivity index (χ0v) is 12.0. The number of hydrogen-bond acceptors (Lipinski definition) is 5. The van der Waals surface area contributed by atoms with Crippen LogP contribution in [0.5, 0.6) is 0 Å². The van der Waals surface area contributed by atoms with Gasteiger partial charge < -0.3 is 9.63 Å². The van der Waals surface area contributed by atoms with Gasteiger partial charge in [0.1, 0.15) is 0 Å². The Morgan fingerprint density at radius 1 is 1.32 bits per heavy atom. The quantitative estimate of drug-likeness (QED) is 0.854. The van der Waals surface area contributed by atoms with Crippen LogP contribution in [0.15, 0.2) is 4.52 Å². The summed E-state index contributed by atoms with van der Waals surface area (Å²) in [6, 6.07) is 0.580. The first-order valence-electron chi connectivity index (χ1n) is 7.35. The van der Waals surface area contributed by atoms with E-state index in [2.05, 4.69) is 29.0 Å². The standard InChI is InChI=1S/C14H25N3O2/c1-3-4-14-15-13(16-19-14)9-17(2)12-7-5-11(10-18)6-8-12/h11-12,18H,3-10H2,1-2H3. The number of nitrogens with zero attached hydrogens (tertiary/aromatic N) is 3. The van der Waals surface area contributed by atoms with E-state index in [1.54, 1.807) is 0 Å². The van der Waals surface area contributed by atoms with E-state index in [0.717, 1.165) is 56.8 Å². The first-order chi connectivity index (χ1) is 9.22. The zero-order valence-electron chi connectivity index (χ0n) is 12.0. The predicted octanol–water partition coefficient (Wildman–Crippen LogP) is 2.00. The Morgan fingerprint density at radius 2 is 2.05 bits per heavy atom. The van der Waals surface area contributed by atoms with Gasteiger partial charge in [0.2, 0.25) is 5.89 Å². The van der Waals surface area contributed by atoms with Crippen molar-refractivity contribution in [2.75, 3.05) is 13.7 Å². The molecule has 0 bridgehead atoms. The fraction of sp³-hybridized carbons (Fsp3) is 0.857. The molecule has 5 nitrogen and oxygen atoms in total. The Balaban J connectivity index is 1.81. The smallest absolute Gasteiger partial charge is 0.226 e. The summed E-state index contributed by atoms with van der Waals surface area (Å²) in [4.78, 5) is 6.72. The van der Waals surface area contributed by atoms with Crippen LogP contribution in [0.4, 0.5) is 0 Å². The van der Waals surface area contributed by atoms with Crippen molar-refractivity contribution in [1.82, 2.24) is 15.0 Å². The minimum Gasteiger partial charge on any atom is -0.396 e. The van der Waals surface area contributed by atoms with E-state index < -0.39 is 0 Å². The van der Waals surface area contributed by atoms with Gasteiger partial charge in [0.25, 0.3) is 0 Å². The Morgan fingerprint density at radius 3 is 2.68 bits per heavy atom. The second-order valence-electron chi connectivity index (χ2n) is 5.63. The van der Waals surface area contributed by atoms with Crippen molar-refractivity contribution in [3.05, 3.63) is 11.7 Å². The molecule has 0 aromatic carbocycles. The summed E-state index contributed by atoms with van der Waals surface area (Å²) in [7, 11) is 2.12. The maximum Gasteiger partial charge on any atom is 0.226 e. The van der Waals surface area contributed by atoms with E-state index in [0.29, 0.717) is 18.6 Å². The second-order valence-corrected chi connectivity index (χ2v) is 5.63. The van der Waals surface area contributed by atoms with Gasteiger partial charge in [0.05, 0.1) is 6.54 Å². The molecule has 1 aromatic rings. The van der Waals surface area contributed by atoms with Crippen molar-refractivity contribution in [2.24, 2.45) is 5.92 Å². The molecule has 19 heavy (non-hydrogen) atoms. The molecule has 0 spiro atoms. The van der Waals surface area contributed by atoms with Crippen molar-refractivity contribution in [3.63, 3.8) is 0 Å². The average molecular weight is 267 g/mol. The highest BCUT2D eigenvalue weighted by molar-refractivity contribution is 4.88. The van der Waals surface area contributed by atoms with Crippen LogP contribution >= 0.6 is 0 Å². The van der Waals surface area contributed by atoms with E-state index >= 15 is 0 Å². The van der Waals surface area contributed by atoms with E-state index in [1.807, 2.05) is 0 Å². The number of rotatable bonds is 6. The SMILES string of the molecule is CCCc1nc(CN(C)C2CCC(CO)CC2)no1. The summed E-state index contributed by atoms with van der Waals surface area (Å²) < 4.78 is 5.21. The maximum absolute atomic E-state index is 9.16. The fourth-order valence-corrected chi connectivity index (χ4v) is 2.79. The molecule has 1 fully saturated rings. The van der Waals surface area contributed by atoms with Gasteiger partial charge in [-0.05, 0) is 45.1 Å². The molecule has 1 aliphatic rings. The maximum atomic E-state index is 9.16. The summed E-state index contributed by atoms with van der Waals surface area (Å²) in [5.41, 5.74) is 0. The molecule has 108 valence electrons. The molecule has 0 saturated heterocycles. The number of aliphatic hydroxyl groups is 1. The van der Waals surface area contributed by atoms with Gasteiger partial charge in [-0.1, -0.05) is 12.1 Å². The first-order valence-corrected chi connectivity index (χ1v) is 7.35. The molecule has 0 radical (unpaired) electrons. The molecule has 0 unspecified atom stereocenters. The zero-order chi connectivity index (χ0) is 13.7. The summed E-state index contributed by atoms with van der Waals surface area (Å²) in [5, 5.41) is 13.2. The Hall–Kier alpha value is -0.940. The molecular weight excluding hydrogens is 242 g/mol. The highest BCUT2D eigenvalue weighted by atomic mass is 16.5. The Kier molecular flexibility index (Phi) is 5.34. The lowest BCUT2D eigenvalue weighted by Gasteiger charge is -2.33. The molecular formula is C14H25N3O2. The lowest BCUT2D eigenvalue weighted by Crippen LogP contribution is -2.35. The molecule has 1 heterocycles. The van der Waals surface area contributed by atoms with E-state index in [4.69, 9.17) is 9.63 Å². The first kappa shape index (κ1) is 14.5. The summed E-state index contributed by atoms with van der Waals surface area (Å²) in [6.07, 6.45) is 6.45. The van der Waals surface area contributed by atoms with Crippen molar-refractivity contribution in [2.45, 2.75) is 58.0 Å². The Bertz CT molecular complexity index is 373. The molecule has 0 atom stereocenters. The van der Waals surface area contributed by atoms with Crippen LogP contribution in [-0.4, -0.2) is 39.8 Å². The van der Waals surface area contributed by atoms with Gasteiger partial charge in [0, 0.05) is 19.1 Å². The predicted molar refractivity (Wildman–Crippen MR) is 72.6 cm³/mol. The van der Waals surface area contributed by atoms with Crippen LogP contribution in [0.3, 0.4) is 0 Å². The van der Waals surface area contributed by atoms with Crippen molar-refractivity contribution in [3.8, 4) is 0 Å². The summed E-state index contributed by atoms with van der Waals surface area (Å²) in [5.74, 6) is 2.04. The normalized spacial score (nSPS) is 24.0. The second kappa shape index (κ2) is 7.01. The third-order valence-corrected chi connectivity index (χ3v) is 4.06. The average Bonchev–Trinajstić information content (AvgIpc) is 2.86. The highest BCUT2D eigenvalue weighted by Gasteiger charge is 2.24. The Labute approximate surface area is 115 Å². The molecule has 0 amide bonds. The van der Waals surface area contributed by atoms with Crippen LogP contribution in [0.25, 0.3) is 0 Å². The van der Waals surface area contributed by atoms with Crippen molar-refractivity contribution >= 4 is 0 Å². The van der Waals surface area contributed by atoms with Gasteiger partial charge in [-0.25, -0.2) is 0 Å². The molecule has 1 saturated carbocycles. The summed E-state index contributed by atoms with van der Waals surface area (Å²) in [6.45, 7) is 3.19. The van der Waals surface area contributed by atoms with E-state index in [-0.39, 0.29) is 0 Å². The van der Waals surface area contributed by atoms with Gasteiger partial charge in [-0.2, -0.15) is 4.98 Å². The number of aliphatic hydroxyl groups excluding tert-OH is 1. The van der Waals surface area contributed by atoms with Crippen LogP contribution in [0, 0.1) is 5.92 Å². The minimum atomic E-state index is 0.335. The molecule has 5 heteroatoms. The van der Waals surface area contributed by atoms with Gasteiger partial charge >= 0.3 is 0 Å². The third-order valence-electron chi connectivity index (χ3n) is 4.06. The number of hydrogen-bond donors (Lipinski definition) is 1. The third kappa shape index (κ3) is 4.01. The number of aromatic nitrogens is 2.